The summed E-state index contributed by atoms with van der Waals surface area (Å²) in [5.41, 5.74) is 6.39. The van der Waals surface area contributed by atoms with Crippen LogP contribution in [0, 0.1) is 29.7 Å². The van der Waals surface area contributed by atoms with Crippen molar-refractivity contribution in [2.24, 2.45) is 16.7 Å². The van der Waals surface area contributed by atoms with E-state index < -0.39 is 0 Å². The fourth-order valence-corrected chi connectivity index (χ4v) is 7.01. The van der Waals surface area contributed by atoms with E-state index in [9.17, 15) is 9.90 Å². The van der Waals surface area contributed by atoms with Gasteiger partial charge in [-0.3, -0.25) is 9.78 Å². The topological polar surface area (TPSA) is 76.5 Å². The van der Waals surface area contributed by atoms with Crippen LogP contribution >= 0.6 is 0 Å². The summed E-state index contributed by atoms with van der Waals surface area (Å²) >= 11 is 0. The van der Waals surface area contributed by atoms with E-state index in [0.717, 1.165) is 82.0 Å². The van der Waals surface area contributed by atoms with Crippen molar-refractivity contribution in [1.29, 1.82) is 0 Å². The minimum Gasteiger partial charge on any atom is -0.512 e. The second kappa shape index (κ2) is 16.3. The number of benzene rings is 3. The number of fused-ring (bicyclic) bond motifs is 5. The van der Waals surface area contributed by atoms with Crippen LogP contribution in [0.3, 0.4) is 0 Å². The maximum atomic E-state index is 12.2. The third kappa shape index (κ3) is 8.35. The van der Waals surface area contributed by atoms with E-state index in [1.165, 1.54) is 28.0 Å². The zero-order valence-corrected chi connectivity index (χ0v) is 36.2. The van der Waals surface area contributed by atoms with Crippen LogP contribution in [0.5, 0.6) is 0 Å². The number of ketones is 1. The fourth-order valence-electron chi connectivity index (χ4n) is 7.01. The first kappa shape index (κ1) is 42.0. The van der Waals surface area contributed by atoms with Crippen molar-refractivity contribution in [3.63, 3.8) is 0 Å². The molecule has 285 valence electrons. The van der Waals surface area contributed by atoms with Crippen molar-refractivity contribution in [1.82, 2.24) is 4.98 Å². The van der Waals surface area contributed by atoms with E-state index in [0.29, 0.717) is 5.92 Å². The Morgan fingerprint density at radius 2 is 1.45 bits per heavy atom. The number of rotatable bonds is 10. The Hall–Kier alpha value is -3.73. The minimum atomic E-state index is -0.337. The molecule has 0 fully saturated rings. The molecular formula is C47H58IrNO4-. The average molecular weight is 893 g/mol. The number of aliphatic hydroxyl groups excluding tert-OH is 1. The molecule has 0 aliphatic heterocycles. The first-order valence-corrected chi connectivity index (χ1v) is 19.1. The number of hydrogen-bond donors (Lipinski definition) is 1. The number of carbonyl (C=O) groups excluding carboxylic acids is 1. The summed E-state index contributed by atoms with van der Waals surface area (Å²) in [6.07, 6.45) is 7.57. The molecule has 6 aromatic rings. The first-order valence-electron chi connectivity index (χ1n) is 19.1. The number of hydrogen-bond acceptors (Lipinski definition) is 5. The minimum absolute atomic E-state index is 0. The van der Waals surface area contributed by atoms with Crippen LogP contribution in [0.1, 0.15) is 119 Å². The summed E-state index contributed by atoms with van der Waals surface area (Å²) < 4.78 is 12.5. The van der Waals surface area contributed by atoms with Crippen molar-refractivity contribution in [2.75, 3.05) is 0 Å². The molecule has 0 atom stereocenters. The summed E-state index contributed by atoms with van der Waals surface area (Å²) in [5, 5.41) is 15.7. The van der Waals surface area contributed by atoms with Crippen molar-refractivity contribution in [3.8, 4) is 11.3 Å². The van der Waals surface area contributed by atoms with E-state index in [2.05, 4.69) is 84.0 Å². The average Bonchev–Trinajstić information content (AvgIpc) is 3.63. The van der Waals surface area contributed by atoms with Gasteiger partial charge in [-0.1, -0.05) is 105 Å². The largest absolute Gasteiger partial charge is 0.512 e. The predicted molar refractivity (Wildman–Crippen MR) is 218 cm³/mol. The smallest absolute Gasteiger partial charge is 0.164 e. The molecule has 6 heteroatoms. The number of pyridine rings is 1. The number of nitrogens with zero attached hydrogens (tertiary/aromatic N) is 1. The molecule has 0 aliphatic carbocycles. The molecule has 0 spiro atoms. The monoisotopic (exact) mass is 893 g/mol. The van der Waals surface area contributed by atoms with Crippen molar-refractivity contribution < 1.29 is 38.8 Å². The van der Waals surface area contributed by atoms with Crippen LogP contribution in [0.2, 0.25) is 0 Å². The van der Waals surface area contributed by atoms with Gasteiger partial charge in [-0.25, -0.2) is 0 Å². The van der Waals surface area contributed by atoms with Crippen LogP contribution < -0.4 is 0 Å². The molecule has 1 N–H and O–H groups in total. The summed E-state index contributed by atoms with van der Waals surface area (Å²) in [6, 6.07) is 20.6. The third-order valence-corrected chi connectivity index (χ3v) is 11.6. The molecule has 5 nitrogen and oxygen atoms in total. The second-order valence-corrected chi connectivity index (χ2v) is 16.5. The van der Waals surface area contributed by atoms with Crippen molar-refractivity contribution in [3.05, 3.63) is 89.5 Å². The third-order valence-electron chi connectivity index (χ3n) is 11.6. The molecule has 0 unspecified atom stereocenters. The van der Waals surface area contributed by atoms with Gasteiger partial charge >= 0.3 is 0 Å². The number of aliphatic hydroxyl groups is 1. The molecule has 3 heterocycles. The van der Waals surface area contributed by atoms with E-state index in [1.807, 2.05) is 59.9 Å². The quantitative estimate of drug-likeness (QED) is 0.0842. The molecule has 1 radical (unpaired) electrons. The van der Waals surface area contributed by atoms with Gasteiger partial charge in [0.2, 0.25) is 0 Å². The Morgan fingerprint density at radius 3 is 2.06 bits per heavy atom. The number of aromatic nitrogens is 1. The van der Waals surface area contributed by atoms with Gasteiger partial charge in [0.1, 0.15) is 28.3 Å². The van der Waals surface area contributed by atoms with E-state index in [4.69, 9.17) is 13.8 Å². The molecule has 3 aromatic heterocycles. The Labute approximate surface area is 330 Å². The molecule has 0 amide bonds. The molecule has 6 rings (SSSR count). The zero-order chi connectivity index (χ0) is 38.2. The van der Waals surface area contributed by atoms with Gasteiger partial charge < -0.3 is 13.9 Å². The summed E-state index contributed by atoms with van der Waals surface area (Å²) in [4.78, 5) is 17.1. The van der Waals surface area contributed by atoms with Crippen LogP contribution in [0.4, 0.5) is 0 Å². The Kier molecular flexibility index (Phi) is 12.9. The van der Waals surface area contributed by atoms with Crippen molar-refractivity contribution >= 4 is 49.5 Å². The van der Waals surface area contributed by atoms with Gasteiger partial charge in [-0.05, 0) is 62.5 Å². The number of carbonyl (C=O) groups is 1. The SMILES string of the molecule is CCC(C)(CC)C(=O)/C=C(\O)C(C)(CC)CC.Cc1oc2cc3oc4ccnc(-c5[c-]c6ccccc6c(C(C)(C)C)c5)c4c3cc2c1CC(C)C.[Ir]. The Balaban J connectivity index is 0.000000299. The summed E-state index contributed by atoms with van der Waals surface area (Å²) in [5.74, 6) is 1.82. The zero-order valence-electron chi connectivity index (χ0n) is 33.8. The molecule has 0 aliphatic rings. The fraction of sp³-hybridized carbons (Fsp3) is 0.447. The van der Waals surface area contributed by atoms with Gasteiger partial charge in [-0.15, -0.1) is 29.1 Å². The van der Waals surface area contributed by atoms with Gasteiger partial charge in [0.25, 0.3) is 0 Å². The van der Waals surface area contributed by atoms with E-state index in [-0.39, 0.29) is 47.9 Å². The van der Waals surface area contributed by atoms with E-state index in [1.54, 1.807) is 0 Å². The van der Waals surface area contributed by atoms with Crippen molar-refractivity contribution in [2.45, 2.75) is 121 Å². The second-order valence-electron chi connectivity index (χ2n) is 16.5. The van der Waals surface area contributed by atoms with Crippen LogP contribution in [-0.4, -0.2) is 15.9 Å². The van der Waals surface area contributed by atoms with Gasteiger partial charge in [0.05, 0.1) is 0 Å². The normalized spacial score (nSPS) is 12.8. The standard InChI is InChI=1S/C32H30NO2.C15H28O2.Ir/c1-18(2)13-23-19(3)34-28-17-29-25(16-24(23)28)30-27(35-29)11-12-33-31(30)21-14-20-9-7-8-10-22(20)26(15-21)32(4,5)6;1-7-14(5,8-2)12(16)11-13(17)15(6,9-3)10-4;/h7-12,15-18H,13H2,1-6H3;11,16H,7-10H2,1-6H3;/q-1;;/b;12-11-;. The summed E-state index contributed by atoms with van der Waals surface area (Å²) in [7, 11) is 0. The van der Waals surface area contributed by atoms with Gasteiger partial charge in [0.15, 0.2) is 5.78 Å². The Bertz CT molecular complexity index is 2250. The van der Waals surface area contributed by atoms with Crippen LogP contribution in [0.15, 0.2) is 75.4 Å². The first-order chi connectivity index (χ1) is 24.5. The summed E-state index contributed by atoms with van der Waals surface area (Å²) in [6.45, 7) is 25.4. The molecule has 0 bridgehead atoms. The number of aryl methyl sites for hydroxylation is 1. The van der Waals surface area contributed by atoms with Crippen LogP contribution in [-0.2, 0) is 36.7 Å². The number of furan rings is 2. The molecule has 0 saturated heterocycles. The predicted octanol–water partition coefficient (Wildman–Crippen LogP) is 13.8. The molecule has 3 aromatic carbocycles. The Morgan fingerprint density at radius 1 is 0.830 bits per heavy atom. The van der Waals surface area contributed by atoms with Gasteiger partial charge in [-0.2, -0.15) is 0 Å². The van der Waals surface area contributed by atoms with E-state index >= 15 is 0 Å². The number of allylic oxidation sites excluding steroid dienone is 2. The molecule has 0 saturated carbocycles. The van der Waals surface area contributed by atoms with Gasteiger partial charge in [0, 0.05) is 76.7 Å². The molecule has 53 heavy (non-hydrogen) atoms. The maximum absolute atomic E-state index is 12.2. The molecular weight excluding hydrogens is 835 g/mol. The van der Waals surface area contributed by atoms with Crippen LogP contribution in [0.25, 0.3) is 54.9 Å². The maximum Gasteiger partial charge on any atom is 0.164 e.